The Morgan fingerprint density at radius 3 is 2.54 bits per heavy atom. The van der Waals surface area contributed by atoms with Gasteiger partial charge >= 0.3 is 0 Å². The standard InChI is InChI=1S/C17H25N3O3S/c18-15-7-5-9-19(13-15)17(21)14-6-4-8-16(12-14)24(22,23)20-10-2-1-3-11-20/h4,6,8,12,15H,1-3,5,7,9-11,13,18H2. The van der Waals surface area contributed by atoms with Gasteiger partial charge in [-0.05, 0) is 43.9 Å². The lowest BCUT2D eigenvalue weighted by molar-refractivity contribution is 0.0708. The van der Waals surface area contributed by atoms with Crippen LogP contribution in [0.15, 0.2) is 29.2 Å². The molecule has 2 heterocycles. The predicted octanol–water partition coefficient (Wildman–Crippen LogP) is 1.42. The highest BCUT2D eigenvalue weighted by Gasteiger charge is 2.28. The number of rotatable bonds is 3. The lowest BCUT2D eigenvalue weighted by Crippen LogP contribution is -2.45. The van der Waals surface area contributed by atoms with Crippen molar-refractivity contribution in [1.29, 1.82) is 0 Å². The molecular formula is C17H25N3O3S. The molecule has 2 saturated heterocycles. The first-order chi connectivity index (χ1) is 11.5. The minimum Gasteiger partial charge on any atom is -0.337 e. The third-order valence-corrected chi connectivity index (χ3v) is 6.67. The van der Waals surface area contributed by atoms with E-state index in [9.17, 15) is 13.2 Å². The van der Waals surface area contributed by atoms with Crippen molar-refractivity contribution in [3.05, 3.63) is 29.8 Å². The van der Waals surface area contributed by atoms with E-state index >= 15 is 0 Å². The fourth-order valence-electron chi connectivity index (χ4n) is 3.42. The van der Waals surface area contributed by atoms with Crippen molar-refractivity contribution in [2.24, 2.45) is 5.73 Å². The van der Waals surface area contributed by atoms with Gasteiger partial charge in [-0.25, -0.2) is 8.42 Å². The second-order valence-corrected chi connectivity index (χ2v) is 8.58. The molecule has 1 aromatic carbocycles. The van der Waals surface area contributed by atoms with Gasteiger partial charge in [-0.15, -0.1) is 0 Å². The molecule has 132 valence electrons. The number of sulfonamides is 1. The van der Waals surface area contributed by atoms with Gasteiger partial charge in [0, 0.05) is 37.8 Å². The fourth-order valence-corrected chi connectivity index (χ4v) is 4.98. The summed E-state index contributed by atoms with van der Waals surface area (Å²) in [5.74, 6) is -0.138. The molecule has 2 aliphatic rings. The van der Waals surface area contributed by atoms with E-state index in [-0.39, 0.29) is 16.8 Å². The Hall–Kier alpha value is -1.44. The molecule has 0 aromatic heterocycles. The zero-order valence-corrected chi connectivity index (χ0v) is 14.7. The zero-order valence-electron chi connectivity index (χ0n) is 13.9. The predicted molar refractivity (Wildman–Crippen MR) is 92.2 cm³/mol. The molecule has 2 aliphatic heterocycles. The second-order valence-electron chi connectivity index (χ2n) is 6.65. The average Bonchev–Trinajstić information content (AvgIpc) is 2.62. The Balaban J connectivity index is 1.82. The van der Waals surface area contributed by atoms with Gasteiger partial charge in [0.1, 0.15) is 0 Å². The molecule has 2 N–H and O–H groups in total. The number of piperidine rings is 2. The highest BCUT2D eigenvalue weighted by atomic mass is 32.2. The van der Waals surface area contributed by atoms with Gasteiger partial charge in [0.2, 0.25) is 10.0 Å². The highest BCUT2D eigenvalue weighted by Crippen LogP contribution is 2.22. The van der Waals surface area contributed by atoms with E-state index in [0.29, 0.717) is 31.7 Å². The van der Waals surface area contributed by atoms with E-state index in [2.05, 4.69) is 0 Å². The van der Waals surface area contributed by atoms with Crippen LogP contribution in [0.4, 0.5) is 0 Å². The number of likely N-dealkylation sites (tertiary alicyclic amines) is 1. The van der Waals surface area contributed by atoms with E-state index in [4.69, 9.17) is 5.73 Å². The van der Waals surface area contributed by atoms with Crippen molar-refractivity contribution in [2.75, 3.05) is 26.2 Å². The fraction of sp³-hybridized carbons (Fsp3) is 0.588. The summed E-state index contributed by atoms with van der Waals surface area (Å²) in [6.07, 6.45) is 4.67. The van der Waals surface area contributed by atoms with Crippen LogP contribution in [0.2, 0.25) is 0 Å². The highest BCUT2D eigenvalue weighted by molar-refractivity contribution is 7.89. The number of carbonyl (C=O) groups is 1. The maximum Gasteiger partial charge on any atom is 0.253 e. The van der Waals surface area contributed by atoms with Gasteiger partial charge in [0.15, 0.2) is 0 Å². The molecule has 7 heteroatoms. The van der Waals surface area contributed by atoms with Crippen LogP contribution in [-0.2, 0) is 10.0 Å². The van der Waals surface area contributed by atoms with Gasteiger partial charge in [0.25, 0.3) is 5.91 Å². The summed E-state index contributed by atoms with van der Waals surface area (Å²) in [5.41, 5.74) is 6.36. The molecule has 3 rings (SSSR count). The molecule has 0 radical (unpaired) electrons. The smallest absolute Gasteiger partial charge is 0.253 e. The molecule has 1 amide bonds. The van der Waals surface area contributed by atoms with E-state index < -0.39 is 10.0 Å². The number of benzene rings is 1. The molecular weight excluding hydrogens is 326 g/mol. The third kappa shape index (κ3) is 3.63. The van der Waals surface area contributed by atoms with Gasteiger partial charge in [-0.1, -0.05) is 12.5 Å². The molecule has 0 aliphatic carbocycles. The maximum atomic E-state index is 12.8. The molecule has 1 atom stereocenters. The topological polar surface area (TPSA) is 83.7 Å². The van der Waals surface area contributed by atoms with Crippen LogP contribution in [0.1, 0.15) is 42.5 Å². The molecule has 0 bridgehead atoms. The number of amides is 1. The first-order valence-electron chi connectivity index (χ1n) is 8.63. The summed E-state index contributed by atoms with van der Waals surface area (Å²) in [5, 5.41) is 0. The van der Waals surface area contributed by atoms with Gasteiger partial charge < -0.3 is 10.6 Å². The minimum atomic E-state index is -3.52. The summed E-state index contributed by atoms with van der Waals surface area (Å²) < 4.78 is 27.1. The monoisotopic (exact) mass is 351 g/mol. The van der Waals surface area contributed by atoms with Crippen LogP contribution < -0.4 is 5.73 Å². The maximum absolute atomic E-state index is 12.8. The SMILES string of the molecule is NC1CCCN(C(=O)c2cccc(S(=O)(=O)N3CCCCC3)c2)C1. The Morgan fingerprint density at radius 1 is 1.08 bits per heavy atom. The zero-order chi connectivity index (χ0) is 17.2. The number of nitrogens with two attached hydrogens (primary N) is 1. The van der Waals surface area contributed by atoms with Crippen molar-refractivity contribution in [3.63, 3.8) is 0 Å². The molecule has 0 spiro atoms. The first-order valence-corrected chi connectivity index (χ1v) is 10.1. The van der Waals surface area contributed by atoms with E-state index in [1.165, 1.54) is 10.4 Å². The largest absolute Gasteiger partial charge is 0.337 e. The summed E-state index contributed by atoms with van der Waals surface area (Å²) in [6.45, 7) is 2.32. The molecule has 1 unspecified atom stereocenters. The van der Waals surface area contributed by atoms with Gasteiger partial charge in [0.05, 0.1) is 4.90 Å². The Kier molecular flexibility index (Phi) is 5.22. The quantitative estimate of drug-likeness (QED) is 0.893. The lowest BCUT2D eigenvalue weighted by Gasteiger charge is -2.31. The number of nitrogens with zero attached hydrogens (tertiary/aromatic N) is 2. The average molecular weight is 351 g/mol. The molecule has 0 saturated carbocycles. The van der Waals surface area contributed by atoms with Crippen molar-refractivity contribution in [1.82, 2.24) is 9.21 Å². The van der Waals surface area contributed by atoms with Crippen LogP contribution in [0.25, 0.3) is 0 Å². The van der Waals surface area contributed by atoms with E-state index in [0.717, 1.165) is 32.1 Å². The summed E-state index contributed by atoms with van der Waals surface area (Å²) >= 11 is 0. The van der Waals surface area contributed by atoms with Crippen molar-refractivity contribution < 1.29 is 13.2 Å². The van der Waals surface area contributed by atoms with Gasteiger partial charge in [-0.2, -0.15) is 4.31 Å². The number of carbonyl (C=O) groups excluding carboxylic acids is 1. The van der Waals surface area contributed by atoms with Crippen molar-refractivity contribution >= 4 is 15.9 Å². The van der Waals surface area contributed by atoms with Crippen LogP contribution >= 0.6 is 0 Å². The Bertz CT molecular complexity index is 699. The van der Waals surface area contributed by atoms with E-state index in [1.807, 2.05) is 0 Å². The number of hydrogen-bond acceptors (Lipinski definition) is 4. The van der Waals surface area contributed by atoms with Crippen molar-refractivity contribution in [3.8, 4) is 0 Å². The number of hydrogen-bond donors (Lipinski definition) is 1. The van der Waals surface area contributed by atoms with Crippen molar-refractivity contribution in [2.45, 2.75) is 43.0 Å². The van der Waals surface area contributed by atoms with Crippen LogP contribution in [0.3, 0.4) is 0 Å². The van der Waals surface area contributed by atoms with Crippen LogP contribution in [0, 0.1) is 0 Å². The molecule has 2 fully saturated rings. The summed E-state index contributed by atoms with van der Waals surface area (Å²) in [6, 6.07) is 6.41. The summed E-state index contributed by atoms with van der Waals surface area (Å²) in [4.78, 5) is 14.6. The van der Waals surface area contributed by atoms with Crippen LogP contribution in [0.5, 0.6) is 0 Å². The first kappa shape index (κ1) is 17.4. The third-order valence-electron chi connectivity index (χ3n) is 4.78. The Labute approximate surface area is 143 Å². The molecule has 24 heavy (non-hydrogen) atoms. The van der Waals surface area contributed by atoms with Crippen LogP contribution in [-0.4, -0.2) is 55.8 Å². The molecule has 6 nitrogen and oxygen atoms in total. The van der Waals surface area contributed by atoms with E-state index in [1.54, 1.807) is 23.1 Å². The normalized spacial score (nSPS) is 23.2. The summed E-state index contributed by atoms with van der Waals surface area (Å²) in [7, 11) is -3.52. The second kappa shape index (κ2) is 7.21. The Morgan fingerprint density at radius 2 is 1.83 bits per heavy atom. The minimum absolute atomic E-state index is 0.00275. The lowest BCUT2D eigenvalue weighted by atomic mass is 10.1. The molecule has 1 aromatic rings. The van der Waals surface area contributed by atoms with Gasteiger partial charge in [-0.3, -0.25) is 4.79 Å².